The Labute approximate surface area is 123 Å². The van der Waals surface area contributed by atoms with Gasteiger partial charge in [-0.1, -0.05) is 0 Å². The molecule has 2 aromatic rings. The molecule has 0 saturated carbocycles. The van der Waals surface area contributed by atoms with E-state index in [1.165, 1.54) is 11.3 Å². The quantitative estimate of drug-likeness (QED) is 0.666. The van der Waals surface area contributed by atoms with E-state index < -0.39 is 16.8 Å². The number of benzene rings is 1. The molecular weight excluding hydrogens is 296 g/mol. The van der Waals surface area contributed by atoms with Crippen LogP contribution < -0.4 is 5.32 Å². The fraction of sp³-hybridized carbons (Fsp3) is 0.0769. The highest BCUT2D eigenvalue weighted by atomic mass is 32.1. The molecule has 0 aliphatic heterocycles. The highest BCUT2D eigenvalue weighted by molar-refractivity contribution is 7.14. The minimum Gasteiger partial charge on any atom is -0.478 e. The summed E-state index contributed by atoms with van der Waals surface area (Å²) in [5.41, 5.74) is -0.604. The van der Waals surface area contributed by atoms with Gasteiger partial charge in [-0.2, -0.15) is 0 Å². The molecule has 1 amide bonds. The van der Waals surface area contributed by atoms with Crippen molar-refractivity contribution in [3.63, 3.8) is 0 Å². The van der Waals surface area contributed by atoms with Gasteiger partial charge in [0.15, 0.2) is 0 Å². The number of hydrogen-bond acceptors (Lipinski definition) is 5. The largest absolute Gasteiger partial charge is 0.478 e. The van der Waals surface area contributed by atoms with Crippen LogP contribution in [0.3, 0.4) is 0 Å². The standard InChI is InChI=1S/C13H10N2O5S/c1-7-2-5-11(21-7)12(16)14-10-6-8(15(19)20)3-4-9(10)13(17)18/h2-6H,1H3,(H,14,16)(H,17,18). The number of carbonyl (C=O) groups is 2. The zero-order valence-electron chi connectivity index (χ0n) is 10.8. The molecule has 0 bridgehead atoms. The van der Waals surface area contributed by atoms with E-state index >= 15 is 0 Å². The number of thiophene rings is 1. The third-order valence-electron chi connectivity index (χ3n) is 2.66. The van der Waals surface area contributed by atoms with Gasteiger partial charge in [-0.25, -0.2) is 4.79 Å². The van der Waals surface area contributed by atoms with Crippen LogP contribution in [0.2, 0.25) is 0 Å². The molecule has 0 radical (unpaired) electrons. The van der Waals surface area contributed by atoms with Crippen LogP contribution >= 0.6 is 11.3 Å². The molecule has 0 unspecified atom stereocenters. The lowest BCUT2D eigenvalue weighted by Gasteiger charge is -2.07. The molecule has 2 rings (SSSR count). The first-order chi connectivity index (χ1) is 9.88. The van der Waals surface area contributed by atoms with E-state index in [2.05, 4.69) is 5.32 Å². The van der Waals surface area contributed by atoms with E-state index in [1.54, 1.807) is 12.1 Å². The third kappa shape index (κ3) is 3.23. The number of hydrogen-bond donors (Lipinski definition) is 2. The number of aromatic carboxylic acids is 1. The molecule has 1 aromatic heterocycles. The summed E-state index contributed by atoms with van der Waals surface area (Å²) in [5, 5.41) is 22.2. The summed E-state index contributed by atoms with van der Waals surface area (Å²) in [7, 11) is 0. The number of nitro groups is 1. The van der Waals surface area contributed by atoms with Crippen LogP contribution in [0.4, 0.5) is 11.4 Å². The van der Waals surface area contributed by atoms with E-state index in [-0.39, 0.29) is 16.9 Å². The molecule has 1 heterocycles. The molecule has 1 aromatic carbocycles. The van der Waals surface area contributed by atoms with Crippen LogP contribution in [0.5, 0.6) is 0 Å². The summed E-state index contributed by atoms with van der Waals surface area (Å²) in [6, 6.07) is 6.56. The number of anilines is 1. The molecule has 8 heteroatoms. The molecule has 0 saturated heterocycles. The average Bonchev–Trinajstić information content (AvgIpc) is 2.85. The Kier molecular flexibility index (Phi) is 3.99. The summed E-state index contributed by atoms with van der Waals surface area (Å²) >= 11 is 1.25. The minimum absolute atomic E-state index is 0.104. The highest BCUT2D eigenvalue weighted by Crippen LogP contribution is 2.24. The second-order valence-corrected chi connectivity index (χ2v) is 5.44. The molecule has 21 heavy (non-hydrogen) atoms. The zero-order valence-corrected chi connectivity index (χ0v) is 11.6. The summed E-state index contributed by atoms with van der Waals surface area (Å²) in [6.07, 6.45) is 0. The number of non-ortho nitro benzene ring substituents is 1. The Bertz CT molecular complexity index is 738. The van der Waals surface area contributed by atoms with Gasteiger partial charge in [0, 0.05) is 17.0 Å². The molecular formula is C13H10N2O5S. The smallest absolute Gasteiger partial charge is 0.337 e. The van der Waals surface area contributed by atoms with Gasteiger partial charge in [0.1, 0.15) is 0 Å². The highest BCUT2D eigenvalue weighted by Gasteiger charge is 2.18. The minimum atomic E-state index is -1.28. The first-order valence-electron chi connectivity index (χ1n) is 5.78. The van der Waals surface area contributed by atoms with Crippen molar-refractivity contribution in [2.75, 3.05) is 5.32 Å². The predicted octanol–water partition coefficient (Wildman–Crippen LogP) is 2.92. The van der Waals surface area contributed by atoms with Crippen LogP contribution in [0.25, 0.3) is 0 Å². The van der Waals surface area contributed by atoms with E-state index in [9.17, 15) is 19.7 Å². The van der Waals surface area contributed by atoms with Crippen molar-refractivity contribution in [3.05, 3.63) is 55.8 Å². The van der Waals surface area contributed by atoms with Crippen LogP contribution in [0, 0.1) is 17.0 Å². The van der Waals surface area contributed by atoms with E-state index in [0.29, 0.717) is 4.88 Å². The molecule has 0 aliphatic rings. The Morgan fingerprint density at radius 3 is 2.52 bits per heavy atom. The molecule has 0 fully saturated rings. The number of amides is 1. The number of rotatable bonds is 4. The van der Waals surface area contributed by atoms with Crippen LogP contribution in [0.15, 0.2) is 30.3 Å². The molecule has 0 spiro atoms. The maximum Gasteiger partial charge on any atom is 0.337 e. The number of nitrogens with one attached hydrogen (secondary N) is 1. The number of nitrogens with zero attached hydrogens (tertiary/aromatic N) is 1. The van der Waals surface area contributed by atoms with Gasteiger partial charge in [0.05, 0.1) is 21.1 Å². The Balaban J connectivity index is 2.37. The monoisotopic (exact) mass is 306 g/mol. The van der Waals surface area contributed by atoms with Crippen LogP contribution in [0.1, 0.15) is 24.9 Å². The molecule has 0 aliphatic carbocycles. The molecule has 108 valence electrons. The number of aryl methyl sites for hydroxylation is 1. The lowest BCUT2D eigenvalue weighted by Crippen LogP contribution is -2.14. The molecule has 2 N–H and O–H groups in total. The Hall–Kier alpha value is -2.74. The van der Waals surface area contributed by atoms with Crippen molar-refractivity contribution in [2.45, 2.75) is 6.92 Å². The summed E-state index contributed by atoms with van der Waals surface area (Å²) in [4.78, 5) is 34.5. The Morgan fingerprint density at radius 1 is 1.29 bits per heavy atom. The van der Waals surface area contributed by atoms with E-state index in [1.807, 2.05) is 6.92 Å². The lowest BCUT2D eigenvalue weighted by molar-refractivity contribution is -0.384. The average molecular weight is 306 g/mol. The number of nitro benzene ring substituents is 1. The molecule has 7 nitrogen and oxygen atoms in total. The predicted molar refractivity (Wildman–Crippen MR) is 77.1 cm³/mol. The van der Waals surface area contributed by atoms with Gasteiger partial charge in [-0.15, -0.1) is 11.3 Å². The van der Waals surface area contributed by atoms with Gasteiger partial charge < -0.3 is 10.4 Å². The first-order valence-corrected chi connectivity index (χ1v) is 6.59. The maximum absolute atomic E-state index is 12.0. The number of carboxylic acids is 1. The fourth-order valence-corrected chi connectivity index (χ4v) is 2.44. The van der Waals surface area contributed by atoms with Crippen LogP contribution in [-0.2, 0) is 0 Å². The van der Waals surface area contributed by atoms with Gasteiger partial charge >= 0.3 is 5.97 Å². The molecule has 0 atom stereocenters. The number of carbonyl (C=O) groups excluding carboxylic acids is 1. The normalized spacial score (nSPS) is 10.1. The summed E-state index contributed by atoms with van der Waals surface area (Å²) < 4.78 is 0. The van der Waals surface area contributed by atoms with E-state index in [4.69, 9.17) is 5.11 Å². The van der Waals surface area contributed by atoms with Crippen molar-refractivity contribution in [1.82, 2.24) is 0 Å². The van der Waals surface area contributed by atoms with Crippen molar-refractivity contribution < 1.29 is 19.6 Å². The summed E-state index contributed by atoms with van der Waals surface area (Å²) in [5.74, 6) is -1.78. The zero-order chi connectivity index (χ0) is 15.6. The number of carboxylic acid groups (broad SMARTS) is 1. The van der Waals surface area contributed by atoms with Gasteiger partial charge in [0.2, 0.25) is 0 Å². The SMILES string of the molecule is Cc1ccc(C(=O)Nc2cc([N+](=O)[O-])ccc2C(=O)O)s1. The van der Waals surface area contributed by atoms with Gasteiger partial charge in [-0.3, -0.25) is 14.9 Å². The third-order valence-corrected chi connectivity index (χ3v) is 3.66. The van der Waals surface area contributed by atoms with Gasteiger partial charge in [-0.05, 0) is 25.1 Å². The fourth-order valence-electron chi connectivity index (χ4n) is 1.68. The van der Waals surface area contributed by atoms with Crippen molar-refractivity contribution >= 4 is 34.6 Å². The lowest BCUT2D eigenvalue weighted by atomic mass is 10.1. The van der Waals surface area contributed by atoms with E-state index in [0.717, 1.165) is 23.1 Å². The van der Waals surface area contributed by atoms with Crippen molar-refractivity contribution in [3.8, 4) is 0 Å². The van der Waals surface area contributed by atoms with Crippen LogP contribution in [-0.4, -0.2) is 21.9 Å². The Morgan fingerprint density at radius 2 is 2.00 bits per heavy atom. The second-order valence-electron chi connectivity index (χ2n) is 4.16. The topological polar surface area (TPSA) is 110 Å². The first kappa shape index (κ1) is 14.7. The maximum atomic E-state index is 12.0. The van der Waals surface area contributed by atoms with Crippen molar-refractivity contribution in [2.24, 2.45) is 0 Å². The van der Waals surface area contributed by atoms with Crippen molar-refractivity contribution in [1.29, 1.82) is 0 Å². The summed E-state index contributed by atoms with van der Waals surface area (Å²) in [6.45, 7) is 1.83. The van der Waals surface area contributed by atoms with Gasteiger partial charge in [0.25, 0.3) is 11.6 Å². The second kappa shape index (κ2) is 5.71.